The normalized spacial score (nSPS) is 22.3. The number of hydrogen-bond donors (Lipinski definition) is 7. The Bertz CT molecular complexity index is 803. The van der Waals surface area contributed by atoms with Gasteiger partial charge in [0.15, 0.2) is 6.29 Å². The average Bonchev–Trinajstić information content (AvgIpc) is 3.14. The minimum atomic E-state index is -1.60. The van der Waals surface area contributed by atoms with Crippen LogP contribution in [0.2, 0.25) is 0 Å². The molecule has 310 valence electrons. The van der Waals surface area contributed by atoms with Crippen molar-refractivity contribution in [3.8, 4) is 0 Å². The van der Waals surface area contributed by atoms with Gasteiger partial charge in [-0.05, 0) is 12.8 Å². The van der Waals surface area contributed by atoms with E-state index in [4.69, 9.17) is 9.47 Å². The maximum Gasteiger partial charge on any atom is 0.220 e. The van der Waals surface area contributed by atoms with Gasteiger partial charge in [0.05, 0.1) is 25.4 Å². The Morgan fingerprint density at radius 1 is 0.596 bits per heavy atom. The molecule has 1 fully saturated rings. The summed E-state index contributed by atoms with van der Waals surface area (Å²) in [6, 6.07) is -0.983. The summed E-state index contributed by atoms with van der Waals surface area (Å²) < 4.78 is 11.1. The van der Waals surface area contributed by atoms with Crippen molar-refractivity contribution in [2.75, 3.05) is 13.2 Å². The van der Waals surface area contributed by atoms with E-state index in [0.717, 1.165) is 44.9 Å². The first kappa shape index (κ1) is 49.2. The van der Waals surface area contributed by atoms with Crippen molar-refractivity contribution in [3.63, 3.8) is 0 Å². The second kappa shape index (κ2) is 33.5. The molecule has 1 rings (SSSR count). The van der Waals surface area contributed by atoms with E-state index in [0.29, 0.717) is 6.42 Å². The Balaban J connectivity index is 2.39. The van der Waals surface area contributed by atoms with E-state index in [1.165, 1.54) is 128 Å². The lowest BCUT2D eigenvalue weighted by Crippen LogP contribution is -2.60. The van der Waals surface area contributed by atoms with Crippen LogP contribution in [-0.2, 0) is 14.3 Å². The van der Waals surface area contributed by atoms with Crippen LogP contribution in [0.1, 0.15) is 200 Å². The lowest BCUT2D eigenvalue weighted by atomic mass is 9.98. The largest absolute Gasteiger partial charge is 0.394 e. The summed E-state index contributed by atoms with van der Waals surface area (Å²) in [5, 5.41) is 64.9. The first-order valence-electron chi connectivity index (χ1n) is 21.8. The fourth-order valence-electron chi connectivity index (χ4n) is 7.20. The Hall–Kier alpha value is -0.850. The van der Waals surface area contributed by atoms with Crippen LogP contribution >= 0.6 is 0 Å². The third-order valence-electron chi connectivity index (χ3n) is 10.8. The van der Waals surface area contributed by atoms with Gasteiger partial charge in [0.2, 0.25) is 5.91 Å². The van der Waals surface area contributed by atoms with Crippen molar-refractivity contribution in [1.82, 2.24) is 5.32 Å². The van der Waals surface area contributed by atoms with Crippen LogP contribution in [0.3, 0.4) is 0 Å². The van der Waals surface area contributed by atoms with E-state index in [9.17, 15) is 35.4 Å². The summed E-state index contributed by atoms with van der Waals surface area (Å²) >= 11 is 0. The van der Waals surface area contributed by atoms with Gasteiger partial charge in [0.25, 0.3) is 0 Å². The number of carbonyl (C=O) groups excluding carboxylic acids is 1. The van der Waals surface area contributed by atoms with Crippen LogP contribution in [-0.4, -0.2) is 98.7 Å². The van der Waals surface area contributed by atoms with E-state index in [-0.39, 0.29) is 18.9 Å². The number of ether oxygens (including phenoxy) is 2. The number of carbonyl (C=O) groups is 1. The number of hydrogen-bond acceptors (Lipinski definition) is 9. The fourth-order valence-corrected chi connectivity index (χ4v) is 7.20. The van der Waals surface area contributed by atoms with Crippen LogP contribution in [0.5, 0.6) is 0 Å². The molecule has 7 N–H and O–H groups in total. The summed E-state index contributed by atoms with van der Waals surface area (Å²) in [6.45, 7) is 3.59. The van der Waals surface area contributed by atoms with Gasteiger partial charge in [0, 0.05) is 6.42 Å². The van der Waals surface area contributed by atoms with Gasteiger partial charge in [-0.25, -0.2) is 0 Å². The number of nitrogens with one attached hydrogen (secondary N) is 1. The highest BCUT2D eigenvalue weighted by Crippen LogP contribution is 2.23. The molecule has 2 unspecified atom stereocenters. The fraction of sp³-hybridized carbons (Fsp3) is 0.976. The molecule has 1 saturated heterocycles. The molecule has 1 aliphatic rings. The van der Waals surface area contributed by atoms with Gasteiger partial charge < -0.3 is 45.4 Å². The van der Waals surface area contributed by atoms with E-state index in [1.54, 1.807) is 0 Å². The molecule has 0 aromatic heterocycles. The first-order valence-corrected chi connectivity index (χ1v) is 21.8. The molecular weight excluding hydrogens is 662 g/mol. The van der Waals surface area contributed by atoms with Crippen molar-refractivity contribution in [1.29, 1.82) is 0 Å². The SMILES string of the molecule is CCCCCCCCCCCCCCCCCCCC(=O)N[C@@H](CO[C@@H]1O[C@H](CO)[C@@H](O)C(O)C1O)[C@H](O)[C@H](O)CCCCCCCCCCCC. The summed E-state index contributed by atoms with van der Waals surface area (Å²) in [5.41, 5.74) is 0. The number of aliphatic hydroxyl groups excluding tert-OH is 6. The van der Waals surface area contributed by atoms with Crippen LogP contribution < -0.4 is 5.32 Å². The van der Waals surface area contributed by atoms with Gasteiger partial charge in [0.1, 0.15) is 30.5 Å². The zero-order valence-corrected chi connectivity index (χ0v) is 33.4. The van der Waals surface area contributed by atoms with Crippen LogP contribution in [0, 0.1) is 0 Å². The molecule has 1 amide bonds. The van der Waals surface area contributed by atoms with Crippen LogP contribution in [0.25, 0.3) is 0 Å². The van der Waals surface area contributed by atoms with Crippen LogP contribution in [0.4, 0.5) is 0 Å². The lowest BCUT2D eigenvalue weighted by Gasteiger charge is -2.40. The topological polar surface area (TPSA) is 169 Å². The molecule has 0 aromatic carbocycles. The molecule has 1 aliphatic heterocycles. The zero-order valence-electron chi connectivity index (χ0n) is 33.4. The minimum Gasteiger partial charge on any atom is -0.394 e. The van der Waals surface area contributed by atoms with Gasteiger partial charge in [-0.3, -0.25) is 4.79 Å². The monoisotopic (exact) mass is 746 g/mol. The van der Waals surface area contributed by atoms with Crippen molar-refractivity contribution in [2.24, 2.45) is 0 Å². The molecule has 10 nitrogen and oxygen atoms in total. The maximum atomic E-state index is 12.9. The van der Waals surface area contributed by atoms with E-state index >= 15 is 0 Å². The van der Waals surface area contributed by atoms with Crippen LogP contribution in [0.15, 0.2) is 0 Å². The van der Waals surface area contributed by atoms with Gasteiger partial charge in [-0.15, -0.1) is 0 Å². The molecule has 1 heterocycles. The Morgan fingerprint density at radius 2 is 1.00 bits per heavy atom. The molecular formula is C42H83NO9. The van der Waals surface area contributed by atoms with Crippen molar-refractivity contribution >= 4 is 5.91 Å². The van der Waals surface area contributed by atoms with E-state index in [2.05, 4.69) is 19.2 Å². The van der Waals surface area contributed by atoms with Gasteiger partial charge in [-0.1, -0.05) is 181 Å². The number of rotatable bonds is 36. The zero-order chi connectivity index (χ0) is 38.2. The quantitative estimate of drug-likeness (QED) is 0.0324. The first-order chi connectivity index (χ1) is 25.3. The molecule has 0 radical (unpaired) electrons. The van der Waals surface area contributed by atoms with E-state index < -0.39 is 55.6 Å². The summed E-state index contributed by atoms with van der Waals surface area (Å²) in [5.74, 6) is -0.256. The standard InChI is InChI=1S/C42H83NO9/c1-3-5-7-9-11-13-15-16-17-18-19-20-21-23-25-27-29-31-37(46)43-34(33-51-42-41(50)40(49)39(48)36(32-44)52-42)38(47)35(45)30-28-26-24-22-14-12-10-8-6-4-2/h34-36,38-42,44-45,47-50H,3-33H2,1-2H3,(H,43,46)/t34-,35+,36+,38-,39+,40?,41?,42+/m0/s1. The highest BCUT2D eigenvalue weighted by molar-refractivity contribution is 5.76. The highest BCUT2D eigenvalue weighted by Gasteiger charge is 2.44. The second-order valence-electron chi connectivity index (χ2n) is 15.6. The Morgan fingerprint density at radius 3 is 1.42 bits per heavy atom. The number of aliphatic hydroxyl groups is 6. The number of amides is 1. The van der Waals surface area contributed by atoms with Gasteiger partial charge >= 0.3 is 0 Å². The summed E-state index contributed by atoms with van der Waals surface area (Å²) in [7, 11) is 0. The van der Waals surface area contributed by atoms with E-state index in [1.807, 2.05) is 0 Å². The minimum absolute atomic E-state index is 0.256. The molecule has 0 aromatic rings. The third kappa shape index (κ3) is 23.8. The van der Waals surface area contributed by atoms with Gasteiger partial charge in [-0.2, -0.15) is 0 Å². The average molecular weight is 746 g/mol. The molecule has 52 heavy (non-hydrogen) atoms. The van der Waals surface area contributed by atoms with Crippen molar-refractivity contribution in [3.05, 3.63) is 0 Å². The summed E-state index contributed by atoms with van der Waals surface area (Å²) in [4.78, 5) is 12.9. The predicted octanol–water partition coefficient (Wildman–Crippen LogP) is 7.36. The maximum absolute atomic E-state index is 12.9. The summed E-state index contributed by atoms with van der Waals surface area (Å²) in [6.07, 6.45) is 24.0. The Kier molecular flexibility index (Phi) is 31.7. The number of unbranched alkanes of at least 4 members (excludes halogenated alkanes) is 25. The molecule has 10 heteroatoms. The second-order valence-corrected chi connectivity index (χ2v) is 15.6. The van der Waals surface area contributed by atoms with Crippen molar-refractivity contribution < 1.29 is 44.9 Å². The Labute approximate surface area is 317 Å². The predicted molar refractivity (Wildman–Crippen MR) is 209 cm³/mol. The smallest absolute Gasteiger partial charge is 0.220 e. The molecule has 0 bridgehead atoms. The molecule has 0 aliphatic carbocycles. The third-order valence-corrected chi connectivity index (χ3v) is 10.8. The molecule has 0 saturated carbocycles. The van der Waals surface area contributed by atoms with Crippen molar-refractivity contribution in [2.45, 2.75) is 249 Å². The lowest BCUT2D eigenvalue weighted by molar-refractivity contribution is -0.303. The molecule has 8 atom stereocenters. The molecule has 0 spiro atoms. The highest BCUT2D eigenvalue weighted by atomic mass is 16.7.